The van der Waals surface area contributed by atoms with E-state index in [1.165, 1.54) is 0 Å². The third-order valence-electron chi connectivity index (χ3n) is 3.82. The first-order valence-electron chi connectivity index (χ1n) is 6.95. The molecule has 3 rings (SSSR count). The molecule has 0 spiro atoms. The maximum absolute atomic E-state index is 12.4. The number of benzene rings is 1. The molecule has 1 saturated heterocycles. The lowest BCUT2D eigenvalue weighted by Crippen LogP contribution is -2.48. The number of anilines is 1. The van der Waals surface area contributed by atoms with Crippen LogP contribution in [0.15, 0.2) is 30.5 Å². The first-order chi connectivity index (χ1) is 10.1. The summed E-state index contributed by atoms with van der Waals surface area (Å²) in [6.07, 6.45) is 1.60. The molecule has 1 aromatic heterocycles. The highest BCUT2D eigenvalue weighted by molar-refractivity contribution is 6.30. The number of aryl methyl sites for hydroxylation is 1. The van der Waals surface area contributed by atoms with Crippen molar-refractivity contribution in [1.29, 1.82) is 0 Å². The second-order valence-corrected chi connectivity index (χ2v) is 5.60. The summed E-state index contributed by atoms with van der Waals surface area (Å²) >= 11 is 5.91. The van der Waals surface area contributed by atoms with Gasteiger partial charge >= 0.3 is 0 Å². The van der Waals surface area contributed by atoms with Crippen molar-refractivity contribution in [2.24, 2.45) is 0 Å². The van der Waals surface area contributed by atoms with E-state index in [9.17, 15) is 4.79 Å². The van der Waals surface area contributed by atoms with Crippen LogP contribution >= 0.6 is 11.6 Å². The number of nitrogens with zero attached hydrogens (tertiary/aromatic N) is 3. The molecule has 21 heavy (non-hydrogen) atoms. The van der Waals surface area contributed by atoms with Crippen LogP contribution in [-0.4, -0.2) is 47.2 Å². The Morgan fingerprint density at radius 1 is 1.19 bits per heavy atom. The number of H-pyrrole nitrogens is 1. The molecule has 1 aromatic carbocycles. The fourth-order valence-corrected chi connectivity index (χ4v) is 2.68. The summed E-state index contributed by atoms with van der Waals surface area (Å²) in [7, 11) is 0. The van der Waals surface area contributed by atoms with Crippen LogP contribution in [-0.2, 0) is 0 Å². The van der Waals surface area contributed by atoms with E-state index in [2.05, 4.69) is 15.1 Å². The van der Waals surface area contributed by atoms with E-state index >= 15 is 0 Å². The molecule has 1 fully saturated rings. The van der Waals surface area contributed by atoms with Gasteiger partial charge in [-0.15, -0.1) is 0 Å². The number of carbonyl (C=O) groups excluding carboxylic acids is 1. The Bertz CT molecular complexity index is 629. The normalized spacial score (nSPS) is 15.3. The van der Waals surface area contributed by atoms with Crippen molar-refractivity contribution in [2.75, 3.05) is 31.1 Å². The average Bonchev–Trinajstić information content (AvgIpc) is 2.94. The first-order valence-corrected chi connectivity index (χ1v) is 7.33. The van der Waals surface area contributed by atoms with Crippen LogP contribution in [0.4, 0.5) is 5.69 Å². The van der Waals surface area contributed by atoms with Crippen LogP contribution in [0.3, 0.4) is 0 Å². The molecule has 0 aliphatic carbocycles. The number of hydrogen-bond acceptors (Lipinski definition) is 3. The highest BCUT2D eigenvalue weighted by atomic mass is 35.5. The maximum atomic E-state index is 12.4. The Hall–Kier alpha value is -2.01. The molecule has 6 heteroatoms. The number of nitrogens with one attached hydrogen (secondary N) is 1. The fraction of sp³-hybridized carbons (Fsp3) is 0.333. The predicted molar refractivity (Wildman–Crippen MR) is 82.9 cm³/mol. The largest absolute Gasteiger partial charge is 0.368 e. The topological polar surface area (TPSA) is 52.2 Å². The van der Waals surface area contributed by atoms with Crippen molar-refractivity contribution < 1.29 is 4.79 Å². The molecule has 0 unspecified atom stereocenters. The van der Waals surface area contributed by atoms with E-state index in [1.54, 1.807) is 6.20 Å². The lowest BCUT2D eigenvalue weighted by Gasteiger charge is -2.36. The van der Waals surface area contributed by atoms with Crippen molar-refractivity contribution >= 4 is 23.2 Å². The average molecular weight is 305 g/mol. The van der Waals surface area contributed by atoms with Gasteiger partial charge in [0.25, 0.3) is 5.91 Å². The van der Waals surface area contributed by atoms with Crippen molar-refractivity contribution in [3.8, 4) is 0 Å². The molecular formula is C15H17ClN4O. The molecule has 110 valence electrons. The number of rotatable bonds is 2. The van der Waals surface area contributed by atoms with E-state index in [-0.39, 0.29) is 5.91 Å². The number of halogens is 1. The molecule has 0 radical (unpaired) electrons. The Kier molecular flexibility index (Phi) is 3.84. The van der Waals surface area contributed by atoms with Crippen LogP contribution in [0.5, 0.6) is 0 Å². The highest BCUT2D eigenvalue weighted by Gasteiger charge is 2.23. The summed E-state index contributed by atoms with van der Waals surface area (Å²) in [6, 6.07) is 7.81. The molecule has 0 atom stereocenters. The molecule has 0 bridgehead atoms. The van der Waals surface area contributed by atoms with Gasteiger partial charge in [0.2, 0.25) is 0 Å². The molecule has 2 aromatic rings. The zero-order valence-corrected chi connectivity index (χ0v) is 12.6. The summed E-state index contributed by atoms with van der Waals surface area (Å²) < 4.78 is 0. The monoisotopic (exact) mass is 304 g/mol. The number of carbonyl (C=O) groups is 1. The minimum absolute atomic E-state index is 0.0528. The van der Waals surface area contributed by atoms with E-state index in [0.29, 0.717) is 18.7 Å². The van der Waals surface area contributed by atoms with Crippen molar-refractivity contribution in [3.63, 3.8) is 0 Å². The van der Waals surface area contributed by atoms with Gasteiger partial charge < -0.3 is 9.80 Å². The van der Waals surface area contributed by atoms with E-state index in [4.69, 9.17) is 11.6 Å². The molecule has 1 N–H and O–H groups in total. The number of amides is 1. The Balaban J connectivity index is 1.64. The predicted octanol–water partition coefficient (Wildman–Crippen LogP) is 2.33. The second-order valence-electron chi connectivity index (χ2n) is 5.16. The standard InChI is InChI=1S/C15H17ClN4O/c1-11-14(10-17-18-11)15(21)20-8-6-19(7-9-20)13-4-2-12(16)3-5-13/h2-5,10H,6-9H2,1H3,(H,17,18). The summed E-state index contributed by atoms with van der Waals surface area (Å²) in [5, 5.41) is 7.46. The van der Waals surface area contributed by atoms with E-state index < -0.39 is 0 Å². The molecule has 1 aliphatic heterocycles. The van der Waals surface area contributed by atoms with Crippen LogP contribution in [0.1, 0.15) is 16.1 Å². The summed E-state index contributed by atoms with van der Waals surface area (Å²) in [4.78, 5) is 16.5. The van der Waals surface area contributed by atoms with Gasteiger partial charge in [-0.1, -0.05) is 11.6 Å². The molecule has 2 heterocycles. The van der Waals surface area contributed by atoms with Gasteiger partial charge in [0.1, 0.15) is 0 Å². The number of hydrogen-bond donors (Lipinski definition) is 1. The Labute approximate surface area is 128 Å². The van der Waals surface area contributed by atoms with Gasteiger partial charge in [-0.2, -0.15) is 5.10 Å². The highest BCUT2D eigenvalue weighted by Crippen LogP contribution is 2.20. The molecular weight excluding hydrogens is 288 g/mol. The lowest BCUT2D eigenvalue weighted by atomic mass is 10.2. The fourth-order valence-electron chi connectivity index (χ4n) is 2.56. The van der Waals surface area contributed by atoms with Crippen molar-refractivity contribution in [3.05, 3.63) is 46.7 Å². The Morgan fingerprint density at radius 3 is 2.43 bits per heavy atom. The van der Waals surface area contributed by atoms with Crippen molar-refractivity contribution in [1.82, 2.24) is 15.1 Å². The second kappa shape index (κ2) is 5.77. The zero-order chi connectivity index (χ0) is 14.8. The molecule has 5 nitrogen and oxygen atoms in total. The minimum Gasteiger partial charge on any atom is -0.368 e. The minimum atomic E-state index is 0.0528. The zero-order valence-electron chi connectivity index (χ0n) is 11.8. The SMILES string of the molecule is Cc1[nH]ncc1C(=O)N1CCN(c2ccc(Cl)cc2)CC1. The van der Waals surface area contributed by atoms with Crippen molar-refractivity contribution in [2.45, 2.75) is 6.92 Å². The van der Waals surface area contributed by atoms with Gasteiger partial charge in [0.15, 0.2) is 0 Å². The smallest absolute Gasteiger partial charge is 0.257 e. The third kappa shape index (κ3) is 2.88. The van der Waals surface area contributed by atoms with Crippen LogP contribution in [0, 0.1) is 6.92 Å². The molecule has 1 amide bonds. The number of aromatic nitrogens is 2. The van der Waals surface area contributed by atoms with E-state index in [1.807, 2.05) is 36.1 Å². The quantitative estimate of drug-likeness (QED) is 0.926. The van der Waals surface area contributed by atoms with Gasteiger partial charge in [-0.3, -0.25) is 9.89 Å². The Morgan fingerprint density at radius 2 is 1.86 bits per heavy atom. The van der Waals surface area contributed by atoms with Crippen LogP contribution in [0.25, 0.3) is 0 Å². The van der Waals surface area contributed by atoms with Crippen LogP contribution < -0.4 is 4.90 Å². The number of piperazine rings is 1. The number of aromatic amines is 1. The molecule has 0 saturated carbocycles. The summed E-state index contributed by atoms with van der Waals surface area (Å²) in [5.41, 5.74) is 2.63. The van der Waals surface area contributed by atoms with Gasteiger partial charge in [0, 0.05) is 42.6 Å². The van der Waals surface area contributed by atoms with Crippen LogP contribution in [0.2, 0.25) is 5.02 Å². The summed E-state index contributed by atoms with van der Waals surface area (Å²) in [6.45, 7) is 4.94. The summed E-state index contributed by atoms with van der Waals surface area (Å²) in [5.74, 6) is 0.0528. The molecule has 1 aliphatic rings. The van der Waals surface area contributed by atoms with E-state index in [0.717, 1.165) is 29.5 Å². The van der Waals surface area contributed by atoms with Gasteiger partial charge in [-0.25, -0.2) is 0 Å². The maximum Gasteiger partial charge on any atom is 0.257 e. The van der Waals surface area contributed by atoms with Gasteiger partial charge in [-0.05, 0) is 31.2 Å². The van der Waals surface area contributed by atoms with Gasteiger partial charge in [0.05, 0.1) is 11.8 Å². The third-order valence-corrected chi connectivity index (χ3v) is 4.07. The first kappa shape index (κ1) is 13.9. The lowest BCUT2D eigenvalue weighted by molar-refractivity contribution is 0.0746.